The summed E-state index contributed by atoms with van der Waals surface area (Å²) in [6, 6.07) is 16.0. The molecule has 0 N–H and O–H groups in total. The summed E-state index contributed by atoms with van der Waals surface area (Å²) < 4.78 is 1.82. The Balaban J connectivity index is 1.42. The van der Waals surface area contributed by atoms with E-state index >= 15 is 0 Å². The van der Waals surface area contributed by atoms with Crippen LogP contribution in [0.25, 0.3) is 16.6 Å². The van der Waals surface area contributed by atoms with Crippen molar-refractivity contribution in [2.75, 3.05) is 31.1 Å². The largest absolute Gasteiger partial charge is 0.352 e. The molecule has 0 saturated carbocycles. The van der Waals surface area contributed by atoms with Crippen LogP contribution >= 0.6 is 11.6 Å². The molecule has 1 aliphatic heterocycles. The van der Waals surface area contributed by atoms with E-state index in [2.05, 4.69) is 23.0 Å². The third-order valence-corrected chi connectivity index (χ3v) is 6.47. The van der Waals surface area contributed by atoms with Crippen LogP contribution in [0.4, 0.5) is 5.82 Å². The van der Waals surface area contributed by atoms with Crippen molar-refractivity contribution in [1.29, 1.82) is 0 Å². The van der Waals surface area contributed by atoms with Crippen LogP contribution in [0.15, 0.2) is 48.5 Å². The minimum Gasteiger partial charge on any atom is -0.352 e. The van der Waals surface area contributed by atoms with Crippen LogP contribution in [0.1, 0.15) is 28.5 Å². The fourth-order valence-electron chi connectivity index (χ4n) is 4.20. The van der Waals surface area contributed by atoms with Gasteiger partial charge >= 0.3 is 0 Å². The molecular weight excluding hydrogens is 410 g/mol. The summed E-state index contributed by atoms with van der Waals surface area (Å²) in [7, 11) is 0. The maximum Gasteiger partial charge on any atom is 0.253 e. The summed E-state index contributed by atoms with van der Waals surface area (Å²) in [5, 5.41) is 6.17. The lowest BCUT2D eigenvalue weighted by Crippen LogP contribution is -2.49. The van der Waals surface area contributed by atoms with E-state index in [1.54, 1.807) is 0 Å². The lowest BCUT2D eigenvalue weighted by Gasteiger charge is -2.36. The number of rotatable bonds is 3. The Kier molecular flexibility index (Phi) is 5.02. The average Bonchev–Trinajstić information content (AvgIpc) is 3.12. The molecule has 31 heavy (non-hydrogen) atoms. The number of nitrogens with zero attached hydrogens (tertiary/aromatic N) is 5. The van der Waals surface area contributed by atoms with Gasteiger partial charge in [0.2, 0.25) is 0 Å². The van der Waals surface area contributed by atoms with Gasteiger partial charge in [-0.1, -0.05) is 42.8 Å². The summed E-state index contributed by atoms with van der Waals surface area (Å²) >= 11 is 6.49. The van der Waals surface area contributed by atoms with Crippen molar-refractivity contribution >= 4 is 39.9 Å². The molecule has 0 aliphatic carbocycles. The zero-order valence-electron chi connectivity index (χ0n) is 17.7. The van der Waals surface area contributed by atoms with Crippen LogP contribution in [0, 0.1) is 6.92 Å². The van der Waals surface area contributed by atoms with Gasteiger partial charge in [0.25, 0.3) is 5.91 Å². The lowest BCUT2D eigenvalue weighted by atomic mass is 10.1. The second-order valence-electron chi connectivity index (χ2n) is 7.92. The predicted octanol–water partition coefficient (Wildman–Crippen LogP) is 4.37. The van der Waals surface area contributed by atoms with Crippen LogP contribution in [-0.2, 0) is 6.42 Å². The number of fused-ring (bicyclic) bond motifs is 3. The van der Waals surface area contributed by atoms with E-state index in [1.807, 2.05) is 58.8 Å². The monoisotopic (exact) mass is 433 g/mol. The molecule has 3 heterocycles. The minimum absolute atomic E-state index is 0.0880. The molecule has 1 aliphatic rings. The molecule has 2 aromatic carbocycles. The Morgan fingerprint density at radius 1 is 1.03 bits per heavy atom. The molecule has 4 aromatic rings. The molecule has 7 heteroatoms. The van der Waals surface area contributed by atoms with Gasteiger partial charge in [-0.25, -0.2) is 9.50 Å². The number of para-hydroxylation sites is 1. The first-order chi connectivity index (χ1) is 15.1. The molecule has 0 bridgehead atoms. The van der Waals surface area contributed by atoms with Crippen molar-refractivity contribution in [2.24, 2.45) is 0 Å². The smallest absolute Gasteiger partial charge is 0.253 e. The number of aromatic nitrogens is 3. The van der Waals surface area contributed by atoms with E-state index in [4.69, 9.17) is 16.6 Å². The molecule has 0 spiro atoms. The molecule has 1 saturated heterocycles. The SMILES string of the molecule is CCc1ccc(C(=O)N2CCN(c3nc4c(Cl)c(C)nn4c4ccccc34)CC2)cc1. The Morgan fingerprint density at radius 3 is 2.45 bits per heavy atom. The maximum absolute atomic E-state index is 12.9. The standard InChI is InChI=1S/C24H24ClN5O/c1-3-17-8-10-18(11-9-17)24(31)29-14-12-28(13-15-29)22-19-6-4-5-7-20(19)30-23(26-22)21(25)16(2)27-30/h4-11H,3,12-15H2,1-2H3. The normalized spacial score (nSPS) is 14.5. The fraction of sp³-hybridized carbons (Fsp3) is 0.292. The number of hydrogen-bond donors (Lipinski definition) is 0. The van der Waals surface area contributed by atoms with Crippen molar-refractivity contribution in [3.63, 3.8) is 0 Å². The highest BCUT2D eigenvalue weighted by Gasteiger charge is 2.25. The summed E-state index contributed by atoms with van der Waals surface area (Å²) in [4.78, 5) is 22.0. The van der Waals surface area contributed by atoms with E-state index in [9.17, 15) is 4.79 Å². The van der Waals surface area contributed by atoms with E-state index in [-0.39, 0.29) is 5.91 Å². The number of halogens is 1. The van der Waals surface area contributed by atoms with Crippen molar-refractivity contribution in [3.05, 3.63) is 70.4 Å². The topological polar surface area (TPSA) is 53.7 Å². The van der Waals surface area contributed by atoms with Gasteiger partial charge in [-0.2, -0.15) is 5.10 Å². The number of carbonyl (C=O) groups excluding carboxylic acids is 1. The number of aryl methyl sites for hydroxylation is 2. The minimum atomic E-state index is 0.0880. The van der Waals surface area contributed by atoms with Crippen LogP contribution < -0.4 is 4.90 Å². The van der Waals surface area contributed by atoms with Gasteiger partial charge in [0, 0.05) is 37.1 Å². The van der Waals surface area contributed by atoms with Crippen molar-refractivity contribution < 1.29 is 4.79 Å². The molecular formula is C24H24ClN5O. The molecule has 2 aromatic heterocycles. The van der Waals surface area contributed by atoms with Crippen LogP contribution in [0.3, 0.4) is 0 Å². The quantitative estimate of drug-likeness (QED) is 0.481. The zero-order valence-corrected chi connectivity index (χ0v) is 18.4. The van der Waals surface area contributed by atoms with E-state index in [0.717, 1.165) is 47.5 Å². The Hall–Kier alpha value is -3.12. The third kappa shape index (κ3) is 3.41. The molecule has 6 nitrogen and oxygen atoms in total. The number of amides is 1. The Labute approximate surface area is 186 Å². The third-order valence-electron chi connectivity index (χ3n) is 6.03. The van der Waals surface area contributed by atoms with E-state index in [1.165, 1.54) is 5.56 Å². The molecule has 0 unspecified atom stereocenters. The second-order valence-corrected chi connectivity index (χ2v) is 8.30. The van der Waals surface area contributed by atoms with Gasteiger partial charge in [0.05, 0.1) is 11.2 Å². The molecule has 1 fully saturated rings. The van der Waals surface area contributed by atoms with Gasteiger partial charge in [-0.15, -0.1) is 0 Å². The average molecular weight is 434 g/mol. The molecule has 5 rings (SSSR count). The summed E-state index contributed by atoms with van der Waals surface area (Å²) in [6.07, 6.45) is 0.971. The van der Waals surface area contributed by atoms with Crippen LogP contribution in [0.5, 0.6) is 0 Å². The van der Waals surface area contributed by atoms with Gasteiger partial charge < -0.3 is 9.80 Å². The number of carbonyl (C=O) groups is 1. The Bertz CT molecular complexity index is 1270. The number of anilines is 1. The first-order valence-electron chi connectivity index (χ1n) is 10.6. The highest BCUT2D eigenvalue weighted by atomic mass is 35.5. The van der Waals surface area contributed by atoms with Crippen molar-refractivity contribution in [2.45, 2.75) is 20.3 Å². The fourth-order valence-corrected chi connectivity index (χ4v) is 4.36. The van der Waals surface area contributed by atoms with Gasteiger partial charge in [-0.3, -0.25) is 4.79 Å². The van der Waals surface area contributed by atoms with Gasteiger partial charge in [-0.05, 0) is 43.2 Å². The number of benzene rings is 2. The Morgan fingerprint density at radius 2 is 1.74 bits per heavy atom. The lowest BCUT2D eigenvalue weighted by molar-refractivity contribution is 0.0746. The summed E-state index contributed by atoms with van der Waals surface area (Å²) in [6.45, 7) is 6.75. The van der Waals surface area contributed by atoms with Crippen LogP contribution in [-0.4, -0.2) is 51.6 Å². The molecule has 0 radical (unpaired) electrons. The summed E-state index contributed by atoms with van der Waals surface area (Å²) in [5.74, 6) is 0.981. The molecule has 0 atom stereocenters. The number of hydrogen-bond acceptors (Lipinski definition) is 4. The first-order valence-corrected chi connectivity index (χ1v) is 11.0. The second kappa shape index (κ2) is 7.85. The van der Waals surface area contributed by atoms with Gasteiger partial charge in [0.1, 0.15) is 10.8 Å². The van der Waals surface area contributed by atoms with Crippen molar-refractivity contribution in [3.8, 4) is 0 Å². The summed E-state index contributed by atoms with van der Waals surface area (Å²) in [5.41, 5.74) is 4.40. The van der Waals surface area contributed by atoms with Crippen LogP contribution in [0.2, 0.25) is 5.02 Å². The highest BCUT2D eigenvalue weighted by molar-refractivity contribution is 6.34. The van der Waals surface area contributed by atoms with Crippen molar-refractivity contribution in [1.82, 2.24) is 19.5 Å². The predicted molar refractivity (Wildman–Crippen MR) is 124 cm³/mol. The van der Waals surface area contributed by atoms with E-state index < -0.39 is 0 Å². The highest BCUT2D eigenvalue weighted by Crippen LogP contribution is 2.30. The van der Waals surface area contributed by atoms with Gasteiger partial charge in [0.15, 0.2) is 5.65 Å². The zero-order chi connectivity index (χ0) is 21.5. The van der Waals surface area contributed by atoms with E-state index in [0.29, 0.717) is 23.8 Å². The molecule has 158 valence electrons. The first kappa shape index (κ1) is 19.8. The number of piperazine rings is 1. The maximum atomic E-state index is 12.9. The molecule has 1 amide bonds.